The summed E-state index contributed by atoms with van der Waals surface area (Å²) in [7, 11) is 0. The third kappa shape index (κ3) is 4.85. The summed E-state index contributed by atoms with van der Waals surface area (Å²) in [4.78, 5) is 17.9. The van der Waals surface area contributed by atoms with E-state index in [0.29, 0.717) is 44.1 Å². The molecule has 0 aliphatic rings. The third-order valence-electron chi connectivity index (χ3n) is 4.57. The van der Waals surface area contributed by atoms with Gasteiger partial charge in [-0.05, 0) is 58.2 Å². The zero-order chi connectivity index (χ0) is 21.8. The summed E-state index contributed by atoms with van der Waals surface area (Å²) in [6, 6.07) is 9.02. The van der Waals surface area contributed by atoms with Crippen LogP contribution in [0.2, 0.25) is 5.02 Å². The Morgan fingerprint density at radius 1 is 1.33 bits per heavy atom. The number of benzene rings is 2. The second-order valence-electron chi connectivity index (χ2n) is 6.72. The first-order valence-corrected chi connectivity index (χ1v) is 11.3. The minimum Gasteiger partial charge on any atom is -0.487 e. The van der Waals surface area contributed by atoms with Crippen molar-refractivity contribution in [2.75, 3.05) is 6.61 Å². The molecule has 0 unspecified atom stereocenters. The molecule has 156 valence electrons. The minimum atomic E-state index is -0.219. The van der Waals surface area contributed by atoms with Gasteiger partial charge in [0, 0.05) is 10.4 Å². The van der Waals surface area contributed by atoms with Crippen molar-refractivity contribution >= 4 is 60.6 Å². The van der Waals surface area contributed by atoms with E-state index in [0.717, 1.165) is 10.9 Å². The highest BCUT2D eigenvalue weighted by molar-refractivity contribution is 9.10. The maximum absolute atomic E-state index is 13.2. The van der Waals surface area contributed by atoms with Crippen molar-refractivity contribution in [1.82, 2.24) is 9.66 Å². The lowest BCUT2D eigenvalue weighted by molar-refractivity contribution is 0.361. The van der Waals surface area contributed by atoms with Crippen LogP contribution in [0.3, 0.4) is 0 Å². The largest absolute Gasteiger partial charge is 0.487 e. The van der Waals surface area contributed by atoms with Crippen LogP contribution in [-0.4, -0.2) is 22.5 Å². The predicted octanol–water partition coefficient (Wildman–Crippen LogP) is 6.54. The molecule has 1 aromatic heterocycles. The van der Waals surface area contributed by atoms with Crippen LogP contribution in [0.25, 0.3) is 10.9 Å². The zero-order valence-corrected chi connectivity index (χ0v) is 20.5. The van der Waals surface area contributed by atoms with Crippen LogP contribution in [0.4, 0.5) is 0 Å². The van der Waals surface area contributed by atoms with Crippen molar-refractivity contribution in [1.29, 1.82) is 0 Å². The average molecular weight is 554 g/mol. The highest BCUT2D eigenvalue weighted by Gasteiger charge is 2.16. The van der Waals surface area contributed by atoms with Crippen molar-refractivity contribution in [2.24, 2.45) is 5.10 Å². The van der Waals surface area contributed by atoms with E-state index in [1.54, 1.807) is 24.4 Å². The summed E-state index contributed by atoms with van der Waals surface area (Å²) in [6.45, 7) is 8.06. The van der Waals surface area contributed by atoms with E-state index in [1.807, 2.05) is 25.1 Å². The Morgan fingerprint density at radius 3 is 2.77 bits per heavy atom. The lowest BCUT2D eigenvalue weighted by atomic mass is 10.1. The second-order valence-corrected chi connectivity index (χ2v) is 8.89. The summed E-state index contributed by atoms with van der Waals surface area (Å²) in [5.41, 5.74) is 1.15. The Morgan fingerprint density at radius 2 is 2.10 bits per heavy atom. The molecule has 0 aliphatic heterocycles. The molecule has 5 nitrogen and oxygen atoms in total. The fourth-order valence-electron chi connectivity index (χ4n) is 2.84. The lowest BCUT2D eigenvalue weighted by Gasteiger charge is -2.14. The normalized spacial score (nSPS) is 12.4. The number of fused-ring (bicyclic) bond motifs is 1. The van der Waals surface area contributed by atoms with E-state index in [9.17, 15) is 4.79 Å². The van der Waals surface area contributed by atoms with E-state index in [-0.39, 0.29) is 11.5 Å². The van der Waals surface area contributed by atoms with E-state index in [4.69, 9.17) is 21.3 Å². The topological polar surface area (TPSA) is 56.5 Å². The van der Waals surface area contributed by atoms with Crippen LogP contribution in [0, 0.1) is 0 Å². The molecule has 3 rings (SSSR count). The molecule has 1 heterocycles. The Bertz CT molecular complexity index is 1170. The molecule has 0 radical (unpaired) electrons. The minimum absolute atomic E-state index is 0.0629. The molecule has 8 heteroatoms. The van der Waals surface area contributed by atoms with Crippen LogP contribution in [0.5, 0.6) is 5.75 Å². The van der Waals surface area contributed by atoms with Crippen molar-refractivity contribution in [3.63, 3.8) is 0 Å². The van der Waals surface area contributed by atoms with Gasteiger partial charge in [0.1, 0.15) is 12.4 Å². The van der Waals surface area contributed by atoms with Crippen molar-refractivity contribution in [2.45, 2.75) is 26.2 Å². The van der Waals surface area contributed by atoms with Gasteiger partial charge in [0.15, 0.2) is 5.75 Å². The summed E-state index contributed by atoms with van der Waals surface area (Å²) in [6.07, 6.45) is 4.06. The molecular weight excluding hydrogens is 534 g/mol. The number of aromatic nitrogens is 2. The standard InChI is InChI=1S/C22H20Br2ClN3O2/c1-4-8-30-20-17(24)9-14(10-18(20)25)12-26-28-21(13(3)5-2)27-19-7-6-15(23)11-16(19)22(28)29/h4,6-7,9-13H,1,5,8H2,2-3H3/t13-/m0/s1. The van der Waals surface area contributed by atoms with Gasteiger partial charge in [-0.15, -0.1) is 0 Å². The monoisotopic (exact) mass is 551 g/mol. The molecule has 0 aliphatic carbocycles. The van der Waals surface area contributed by atoms with E-state index in [1.165, 1.54) is 4.68 Å². The van der Waals surface area contributed by atoms with Gasteiger partial charge in [-0.2, -0.15) is 9.78 Å². The molecule has 1 atom stereocenters. The molecular formula is C22H20Br2ClN3O2. The first-order chi connectivity index (χ1) is 14.3. The van der Waals surface area contributed by atoms with Crippen LogP contribution in [0.15, 0.2) is 61.8 Å². The molecule has 0 amide bonds. The molecule has 30 heavy (non-hydrogen) atoms. The predicted molar refractivity (Wildman–Crippen MR) is 130 cm³/mol. The summed E-state index contributed by atoms with van der Waals surface area (Å²) in [5, 5.41) is 5.40. The third-order valence-corrected chi connectivity index (χ3v) is 5.94. The van der Waals surface area contributed by atoms with Gasteiger partial charge in [0.25, 0.3) is 5.56 Å². The molecule has 0 saturated heterocycles. The summed E-state index contributed by atoms with van der Waals surface area (Å²) >= 11 is 13.2. The Balaban J connectivity index is 2.10. The van der Waals surface area contributed by atoms with Crippen LogP contribution < -0.4 is 10.3 Å². The van der Waals surface area contributed by atoms with Gasteiger partial charge in [-0.25, -0.2) is 4.98 Å². The number of rotatable bonds is 7. The van der Waals surface area contributed by atoms with Gasteiger partial charge in [-0.1, -0.05) is 54.0 Å². The molecule has 0 fully saturated rings. The maximum Gasteiger partial charge on any atom is 0.282 e. The van der Waals surface area contributed by atoms with Gasteiger partial charge < -0.3 is 4.74 Å². The number of ether oxygens (including phenoxy) is 1. The van der Waals surface area contributed by atoms with Crippen LogP contribution in [-0.2, 0) is 0 Å². The summed E-state index contributed by atoms with van der Waals surface area (Å²) < 4.78 is 8.43. The van der Waals surface area contributed by atoms with Crippen LogP contribution >= 0.6 is 43.5 Å². The lowest BCUT2D eigenvalue weighted by Crippen LogP contribution is -2.23. The first kappa shape index (κ1) is 22.7. The number of hydrogen-bond acceptors (Lipinski definition) is 4. The van der Waals surface area contributed by atoms with Gasteiger partial charge in [0.2, 0.25) is 0 Å². The van der Waals surface area contributed by atoms with E-state index >= 15 is 0 Å². The van der Waals surface area contributed by atoms with Crippen molar-refractivity contribution in [3.05, 3.63) is 78.7 Å². The zero-order valence-electron chi connectivity index (χ0n) is 16.5. The Labute approximate surface area is 196 Å². The second kappa shape index (κ2) is 9.90. The first-order valence-electron chi connectivity index (χ1n) is 9.35. The molecule has 3 aromatic rings. The van der Waals surface area contributed by atoms with Gasteiger partial charge >= 0.3 is 0 Å². The Kier molecular flexibility index (Phi) is 7.50. The fraction of sp³-hybridized carbons (Fsp3) is 0.227. The quantitative estimate of drug-likeness (QED) is 0.247. The number of hydrogen-bond donors (Lipinski definition) is 0. The molecule has 0 bridgehead atoms. The van der Waals surface area contributed by atoms with E-state index in [2.05, 4.69) is 50.5 Å². The Hall–Kier alpha value is -1.96. The van der Waals surface area contributed by atoms with Crippen molar-refractivity contribution < 1.29 is 4.74 Å². The SMILES string of the molecule is C=CCOc1c(Cl)cc(C=Nn2c([C@@H](C)CC)nc3ccc(Br)cc3c2=O)cc1Br. The maximum atomic E-state index is 13.2. The highest BCUT2D eigenvalue weighted by Crippen LogP contribution is 2.34. The smallest absolute Gasteiger partial charge is 0.282 e. The van der Waals surface area contributed by atoms with Crippen LogP contribution in [0.1, 0.15) is 37.6 Å². The number of halogens is 3. The van der Waals surface area contributed by atoms with Gasteiger partial charge in [-0.3, -0.25) is 4.79 Å². The summed E-state index contributed by atoms with van der Waals surface area (Å²) in [5.74, 6) is 1.21. The molecule has 0 saturated carbocycles. The van der Waals surface area contributed by atoms with E-state index < -0.39 is 0 Å². The number of nitrogens with zero attached hydrogens (tertiary/aromatic N) is 3. The fourth-order valence-corrected chi connectivity index (χ4v) is 4.19. The highest BCUT2D eigenvalue weighted by atomic mass is 79.9. The van der Waals surface area contributed by atoms with Gasteiger partial charge in [0.05, 0.1) is 26.6 Å². The molecule has 2 aromatic carbocycles. The van der Waals surface area contributed by atoms with Crippen molar-refractivity contribution in [3.8, 4) is 5.75 Å². The molecule has 0 spiro atoms. The average Bonchev–Trinajstić information content (AvgIpc) is 2.72. The molecule has 0 N–H and O–H groups in total.